The minimum Gasteiger partial charge on any atom is -0.356 e. The summed E-state index contributed by atoms with van der Waals surface area (Å²) < 4.78 is 0. The Hall–Kier alpha value is -4.24. The highest BCUT2D eigenvalue weighted by atomic mass is 35.5. The van der Waals surface area contributed by atoms with Crippen LogP contribution in [-0.4, -0.2) is 38.9 Å². The maximum Gasteiger partial charge on any atom is 0.229 e. The van der Waals surface area contributed by atoms with Gasteiger partial charge in [0.25, 0.3) is 0 Å². The molecule has 3 N–H and O–H groups in total. The van der Waals surface area contributed by atoms with Crippen LogP contribution in [-0.2, 0) is 17.6 Å². The second kappa shape index (κ2) is 10.0. The van der Waals surface area contributed by atoms with Crippen molar-refractivity contribution >= 4 is 52.2 Å². The third kappa shape index (κ3) is 5.31. The van der Waals surface area contributed by atoms with Crippen molar-refractivity contribution in [1.82, 2.24) is 19.9 Å². The van der Waals surface area contributed by atoms with E-state index in [0.717, 1.165) is 59.9 Å². The summed E-state index contributed by atoms with van der Waals surface area (Å²) in [7, 11) is 0. The van der Waals surface area contributed by atoms with Crippen molar-refractivity contribution in [3.63, 3.8) is 0 Å². The number of anilines is 6. The molecule has 1 saturated heterocycles. The number of benzene rings is 1. The van der Waals surface area contributed by atoms with Gasteiger partial charge in [-0.15, -0.1) is 0 Å². The Morgan fingerprint density at radius 2 is 1.95 bits per heavy atom. The normalized spacial score (nSPS) is 14.7. The molecule has 0 unspecified atom stereocenters. The lowest BCUT2D eigenvalue weighted by atomic mass is 9.95. The Bertz CT molecular complexity index is 1440. The number of aromatic nitrogens is 4. The van der Waals surface area contributed by atoms with Crippen LogP contribution < -0.4 is 20.9 Å². The number of rotatable bonds is 4. The molecule has 6 rings (SSSR count). The van der Waals surface area contributed by atoms with Gasteiger partial charge in [0.2, 0.25) is 11.9 Å². The van der Waals surface area contributed by atoms with E-state index >= 15 is 0 Å². The minimum atomic E-state index is 0.0156. The number of carbonyl (C=O) groups is 1. The number of hydrogen-bond donors (Lipinski definition) is 3. The van der Waals surface area contributed by atoms with E-state index in [4.69, 9.17) is 11.6 Å². The van der Waals surface area contributed by atoms with Crippen LogP contribution in [0.2, 0.25) is 5.02 Å². The molecule has 9 nitrogen and oxygen atoms in total. The molecule has 1 amide bonds. The number of hydrogen-bond acceptors (Lipinski definition) is 8. The van der Waals surface area contributed by atoms with E-state index in [-0.39, 0.29) is 5.91 Å². The van der Waals surface area contributed by atoms with Gasteiger partial charge in [-0.1, -0.05) is 17.7 Å². The standard InChI is InChI=1S/C27H25ClN8O/c28-22-14-31-27-33-21-9-17(12-29-13-21)4-5-19-11-20(32-26(22)35-27)6-7-23(19)34-25(37)10-18-15-36(16-18)24-3-1-2-8-30-24/h1-3,6-9,11-14,18H,4-5,10,15-16H2,(H,34,37)(H2,31,32,33,35). The molecule has 6 bridgehead atoms. The summed E-state index contributed by atoms with van der Waals surface area (Å²) in [4.78, 5) is 32.7. The van der Waals surface area contributed by atoms with Crippen molar-refractivity contribution in [2.45, 2.75) is 19.3 Å². The molecule has 4 aromatic rings. The van der Waals surface area contributed by atoms with Crippen molar-refractivity contribution in [1.29, 1.82) is 0 Å². The summed E-state index contributed by atoms with van der Waals surface area (Å²) in [5.41, 5.74) is 4.52. The zero-order valence-corrected chi connectivity index (χ0v) is 20.7. The van der Waals surface area contributed by atoms with E-state index in [9.17, 15) is 4.79 Å². The van der Waals surface area contributed by atoms with Crippen molar-refractivity contribution in [2.24, 2.45) is 5.92 Å². The summed E-state index contributed by atoms with van der Waals surface area (Å²) >= 11 is 6.36. The number of pyridine rings is 2. The van der Waals surface area contributed by atoms with E-state index in [1.807, 2.05) is 48.7 Å². The Morgan fingerprint density at radius 3 is 2.81 bits per heavy atom. The fraction of sp³-hybridized carbons (Fsp3) is 0.222. The van der Waals surface area contributed by atoms with Crippen LogP contribution in [0.3, 0.4) is 0 Å². The summed E-state index contributed by atoms with van der Waals surface area (Å²) in [5, 5.41) is 10.0. The molecule has 0 radical (unpaired) electrons. The second-order valence-electron chi connectivity index (χ2n) is 9.31. The Labute approximate surface area is 219 Å². The first-order chi connectivity index (χ1) is 18.1. The highest BCUT2D eigenvalue weighted by Crippen LogP contribution is 2.30. The monoisotopic (exact) mass is 512 g/mol. The van der Waals surface area contributed by atoms with Gasteiger partial charge in [-0.2, -0.15) is 4.98 Å². The van der Waals surface area contributed by atoms with Gasteiger partial charge in [-0.25, -0.2) is 9.97 Å². The van der Waals surface area contributed by atoms with Crippen molar-refractivity contribution < 1.29 is 4.79 Å². The van der Waals surface area contributed by atoms with Crippen molar-refractivity contribution in [3.8, 4) is 0 Å². The Balaban J connectivity index is 1.20. The number of amides is 1. The topological polar surface area (TPSA) is 108 Å². The third-order valence-electron chi connectivity index (χ3n) is 6.52. The van der Waals surface area contributed by atoms with E-state index in [0.29, 0.717) is 29.1 Å². The van der Waals surface area contributed by atoms with Crippen LogP contribution in [0.25, 0.3) is 0 Å². The lowest BCUT2D eigenvalue weighted by Gasteiger charge is -2.39. The zero-order valence-electron chi connectivity index (χ0n) is 20.0. The molecule has 37 heavy (non-hydrogen) atoms. The van der Waals surface area contributed by atoms with Gasteiger partial charge in [0.05, 0.1) is 18.1 Å². The first kappa shape index (κ1) is 23.2. The smallest absolute Gasteiger partial charge is 0.229 e. The predicted octanol–water partition coefficient (Wildman–Crippen LogP) is 4.97. The summed E-state index contributed by atoms with van der Waals surface area (Å²) in [5.74, 6) is 2.20. The van der Waals surface area contributed by atoms with Crippen LogP contribution in [0.5, 0.6) is 0 Å². The first-order valence-electron chi connectivity index (χ1n) is 12.2. The van der Waals surface area contributed by atoms with Crippen molar-refractivity contribution in [3.05, 3.63) is 83.4 Å². The number of aryl methyl sites for hydroxylation is 2. The van der Waals surface area contributed by atoms with E-state index < -0.39 is 0 Å². The number of nitrogens with zero attached hydrogens (tertiary/aromatic N) is 5. The van der Waals surface area contributed by atoms with E-state index in [1.54, 1.807) is 18.6 Å². The molecule has 0 atom stereocenters. The number of fused-ring (bicyclic) bond motifs is 6. The molecule has 0 aliphatic carbocycles. The molecule has 1 fully saturated rings. The molecular weight excluding hydrogens is 488 g/mol. The molecule has 2 aliphatic heterocycles. The van der Waals surface area contributed by atoms with Crippen LogP contribution in [0.1, 0.15) is 17.5 Å². The summed E-state index contributed by atoms with van der Waals surface area (Å²) in [6.45, 7) is 1.67. The average molecular weight is 513 g/mol. The van der Waals surface area contributed by atoms with E-state index in [1.165, 1.54) is 0 Å². The number of halogens is 1. The fourth-order valence-electron chi connectivity index (χ4n) is 4.64. The summed E-state index contributed by atoms with van der Waals surface area (Å²) in [6.07, 6.45) is 8.89. The quantitative estimate of drug-likeness (QED) is 0.352. The molecule has 1 aromatic carbocycles. The van der Waals surface area contributed by atoms with Crippen LogP contribution >= 0.6 is 11.6 Å². The van der Waals surface area contributed by atoms with Crippen LogP contribution in [0, 0.1) is 5.92 Å². The van der Waals surface area contributed by atoms with Crippen molar-refractivity contribution in [2.75, 3.05) is 33.9 Å². The molecular formula is C27H25ClN8O. The van der Waals surface area contributed by atoms with Gasteiger partial charge in [0.15, 0.2) is 5.82 Å². The van der Waals surface area contributed by atoms with Gasteiger partial charge in [-0.3, -0.25) is 9.78 Å². The van der Waals surface area contributed by atoms with Gasteiger partial charge in [0, 0.05) is 49.2 Å². The lowest BCUT2D eigenvalue weighted by Crippen LogP contribution is -2.48. The van der Waals surface area contributed by atoms with Crippen LogP contribution in [0.15, 0.2) is 67.3 Å². The second-order valence-corrected chi connectivity index (χ2v) is 9.71. The SMILES string of the molecule is O=C(CC1CN(c2ccccn2)C1)Nc1ccc2cc1CCc1cncc(c1)Nc1ncc(Cl)c(n1)N2. The Morgan fingerprint density at radius 1 is 1.03 bits per heavy atom. The highest BCUT2D eigenvalue weighted by molar-refractivity contribution is 6.32. The van der Waals surface area contributed by atoms with Crippen LogP contribution in [0.4, 0.5) is 34.6 Å². The molecule has 0 spiro atoms. The maximum atomic E-state index is 12.9. The zero-order chi connectivity index (χ0) is 25.2. The van der Waals surface area contributed by atoms with E-state index in [2.05, 4.69) is 40.8 Å². The predicted molar refractivity (Wildman–Crippen MR) is 145 cm³/mol. The average Bonchev–Trinajstić information content (AvgIpc) is 2.88. The first-order valence-corrected chi connectivity index (χ1v) is 12.6. The maximum absolute atomic E-state index is 12.9. The third-order valence-corrected chi connectivity index (χ3v) is 6.80. The van der Waals surface area contributed by atoms with Gasteiger partial charge in [-0.05, 0) is 60.4 Å². The molecule has 10 heteroatoms. The molecule has 2 aliphatic rings. The fourth-order valence-corrected chi connectivity index (χ4v) is 4.78. The highest BCUT2D eigenvalue weighted by Gasteiger charge is 2.29. The molecule has 3 aromatic heterocycles. The lowest BCUT2D eigenvalue weighted by molar-refractivity contribution is -0.117. The van der Waals surface area contributed by atoms with Gasteiger partial charge in [0.1, 0.15) is 10.8 Å². The Kier molecular flexibility index (Phi) is 6.28. The molecule has 0 saturated carbocycles. The number of carbonyl (C=O) groups excluding carboxylic acids is 1. The van der Waals surface area contributed by atoms with Gasteiger partial charge < -0.3 is 20.9 Å². The van der Waals surface area contributed by atoms with Gasteiger partial charge >= 0.3 is 0 Å². The summed E-state index contributed by atoms with van der Waals surface area (Å²) in [6, 6.07) is 13.8. The number of nitrogens with one attached hydrogen (secondary N) is 3. The molecule has 186 valence electrons. The largest absolute Gasteiger partial charge is 0.356 e. The molecule has 5 heterocycles. The minimum absolute atomic E-state index is 0.0156.